The van der Waals surface area contributed by atoms with Crippen LogP contribution < -0.4 is 4.74 Å². The number of benzene rings is 3. The molecule has 6 heteroatoms. The summed E-state index contributed by atoms with van der Waals surface area (Å²) in [5.41, 5.74) is 1.72. The second-order valence-electron chi connectivity index (χ2n) is 6.30. The monoisotopic (exact) mass is 409 g/mol. The first-order valence-electron chi connectivity index (χ1n) is 8.62. The van der Waals surface area contributed by atoms with E-state index in [1.165, 1.54) is 4.90 Å². The number of thioether (sulfide) groups is 1. The van der Waals surface area contributed by atoms with Gasteiger partial charge in [0.15, 0.2) is 0 Å². The summed E-state index contributed by atoms with van der Waals surface area (Å²) in [5, 5.41) is 2.26. The van der Waals surface area contributed by atoms with Crippen LogP contribution in [0.25, 0.3) is 16.8 Å². The van der Waals surface area contributed by atoms with E-state index in [4.69, 9.17) is 16.3 Å². The van der Waals surface area contributed by atoms with Gasteiger partial charge in [-0.2, -0.15) is 0 Å². The maximum absolute atomic E-state index is 12.8. The zero-order chi connectivity index (χ0) is 19.7. The molecular weight excluding hydrogens is 394 g/mol. The summed E-state index contributed by atoms with van der Waals surface area (Å²) < 4.78 is 5.42. The van der Waals surface area contributed by atoms with Gasteiger partial charge < -0.3 is 4.74 Å². The molecule has 0 aromatic heterocycles. The van der Waals surface area contributed by atoms with E-state index < -0.39 is 0 Å². The van der Waals surface area contributed by atoms with Crippen LogP contribution in [0, 0.1) is 0 Å². The van der Waals surface area contributed by atoms with Crippen LogP contribution >= 0.6 is 23.4 Å². The van der Waals surface area contributed by atoms with E-state index >= 15 is 0 Å². The van der Waals surface area contributed by atoms with E-state index in [-0.39, 0.29) is 17.7 Å². The van der Waals surface area contributed by atoms with Gasteiger partial charge in [-0.05, 0) is 52.6 Å². The SMILES string of the molecule is COc1ccc(/C=C2\SC(=O)N(Cc3ccc(Cl)cc3)C2=O)c2ccccc12. The van der Waals surface area contributed by atoms with Gasteiger partial charge in [0.25, 0.3) is 11.1 Å². The van der Waals surface area contributed by atoms with Gasteiger partial charge in [0.1, 0.15) is 5.75 Å². The summed E-state index contributed by atoms with van der Waals surface area (Å²) >= 11 is 6.86. The van der Waals surface area contributed by atoms with Crippen molar-refractivity contribution in [2.24, 2.45) is 0 Å². The molecular formula is C22H16ClNO3S. The second kappa shape index (κ2) is 7.70. The van der Waals surface area contributed by atoms with E-state index in [1.54, 1.807) is 25.3 Å². The maximum Gasteiger partial charge on any atom is 0.293 e. The highest BCUT2D eigenvalue weighted by Gasteiger charge is 2.35. The number of carbonyl (C=O) groups is 2. The number of carbonyl (C=O) groups excluding carboxylic acids is 2. The number of rotatable bonds is 4. The number of imide groups is 1. The summed E-state index contributed by atoms with van der Waals surface area (Å²) in [6, 6.07) is 18.7. The predicted molar refractivity (Wildman–Crippen MR) is 113 cm³/mol. The molecule has 2 amide bonds. The summed E-state index contributed by atoms with van der Waals surface area (Å²) in [6.07, 6.45) is 1.77. The largest absolute Gasteiger partial charge is 0.496 e. The molecule has 4 nitrogen and oxygen atoms in total. The van der Waals surface area contributed by atoms with E-state index in [9.17, 15) is 9.59 Å². The molecule has 0 bridgehead atoms. The smallest absolute Gasteiger partial charge is 0.293 e. The van der Waals surface area contributed by atoms with Crippen LogP contribution in [0.1, 0.15) is 11.1 Å². The van der Waals surface area contributed by atoms with Crippen LogP contribution in [-0.4, -0.2) is 23.2 Å². The third-order valence-electron chi connectivity index (χ3n) is 4.55. The Bertz CT molecular complexity index is 1110. The Kier molecular flexibility index (Phi) is 5.11. The quantitative estimate of drug-likeness (QED) is 0.515. The number of halogens is 1. The summed E-state index contributed by atoms with van der Waals surface area (Å²) in [4.78, 5) is 26.9. The minimum atomic E-state index is -0.287. The topological polar surface area (TPSA) is 46.6 Å². The fraction of sp³-hybridized carbons (Fsp3) is 0.0909. The number of hydrogen-bond donors (Lipinski definition) is 0. The number of fused-ring (bicyclic) bond motifs is 1. The standard InChI is InChI=1S/C22H16ClNO3S/c1-27-19-11-8-15(17-4-2-3-5-18(17)19)12-20-21(25)24(22(26)28-20)13-14-6-9-16(23)10-7-14/h2-12H,13H2,1H3/b20-12-. The van der Waals surface area contributed by atoms with Crippen LogP contribution in [0.15, 0.2) is 65.6 Å². The van der Waals surface area contributed by atoms with Gasteiger partial charge in [0.05, 0.1) is 18.6 Å². The van der Waals surface area contributed by atoms with E-state index in [0.29, 0.717) is 9.93 Å². The number of methoxy groups -OCH3 is 1. The Labute approximate surface area is 171 Å². The molecule has 140 valence electrons. The van der Waals surface area contributed by atoms with Crippen molar-refractivity contribution in [1.29, 1.82) is 0 Å². The van der Waals surface area contributed by atoms with Crippen molar-refractivity contribution in [3.05, 3.63) is 81.7 Å². The zero-order valence-electron chi connectivity index (χ0n) is 15.0. The Morgan fingerprint density at radius 2 is 1.71 bits per heavy atom. The fourth-order valence-electron chi connectivity index (χ4n) is 3.15. The second-order valence-corrected chi connectivity index (χ2v) is 7.73. The van der Waals surface area contributed by atoms with Crippen LogP contribution in [0.2, 0.25) is 5.02 Å². The van der Waals surface area contributed by atoms with Crippen molar-refractivity contribution >= 4 is 51.4 Å². The first-order valence-corrected chi connectivity index (χ1v) is 9.82. The van der Waals surface area contributed by atoms with Crippen molar-refractivity contribution in [2.45, 2.75) is 6.54 Å². The van der Waals surface area contributed by atoms with Gasteiger partial charge >= 0.3 is 0 Å². The predicted octanol–water partition coefficient (Wildman–Crippen LogP) is 5.74. The molecule has 1 aliphatic rings. The first kappa shape index (κ1) is 18.6. The average Bonchev–Trinajstić information content (AvgIpc) is 2.97. The summed E-state index contributed by atoms with van der Waals surface area (Å²) in [5.74, 6) is 0.480. The lowest BCUT2D eigenvalue weighted by Gasteiger charge is -2.12. The molecule has 1 heterocycles. The Morgan fingerprint density at radius 1 is 1.00 bits per heavy atom. The van der Waals surface area contributed by atoms with Crippen LogP contribution in [0.5, 0.6) is 5.75 Å². The molecule has 0 radical (unpaired) electrons. The molecule has 0 aliphatic carbocycles. The highest BCUT2D eigenvalue weighted by Crippen LogP contribution is 2.36. The Balaban J connectivity index is 1.66. The lowest BCUT2D eigenvalue weighted by molar-refractivity contribution is -0.123. The molecule has 4 rings (SSSR count). The molecule has 28 heavy (non-hydrogen) atoms. The van der Waals surface area contributed by atoms with Crippen molar-refractivity contribution in [2.75, 3.05) is 7.11 Å². The third-order valence-corrected chi connectivity index (χ3v) is 5.71. The molecule has 0 N–H and O–H groups in total. The maximum atomic E-state index is 12.8. The van der Waals surface area contributed by atoms with Gasteiger partial charge in [-0.3, -0.25) is 14.5 Å². The third kappa shape index (κ3) is 3.51. The molecule has 0 saturated carbocycles. The van der Waals surface area contributed by atoms with E-state index in [0.717, 1.165) is 39.4 Å². The summed E-state index contributed by atoms with van der Waals surface area (Å²) in [7, 11) is 1.63. The van der Waals surface area contributed by atoms with Crippen molar-refractivity contribution in [1.82, 2.24) is 4.90 Å². The number of hydrogen-bond acceptors (Lipinski definition) is 4. The van der Waals surface area contributed by atoms with E-state index in [2.05, 4.69) is 0 Å². The van der Waals surface area contributed by atoms with Crippen LogP contribution in [0.4, 0.5) is 4.79 Å². The minimum absolute atomic E-state index is 0.225. The normalized spacial score (nSPS) is 15.6. The summed E-state index contributed by atoms with van der Waals surface area (Å²) in [6.45, 7) is 0.225. The van der Waals surface area contributed by atoms with Gasteiger partial charge in [-0.15, -0.1) is 0 Å². The van der Waals surface area contributed by atoms with E-state index in [1.807, 2.05) is 48.5 Å². The van der Waals surface area contributed by atoms with Crippen molar-refractivity contribution in [3.63, 3.8) is 0 Å². The first-order chi connectivity index (χ1) is 13.6. The lowest BCUT2D eigenvalue weighted by atomic mass is 10.0. The molecule has 0 atom stereocenters. The molecule has 1 fully saturated rings. The van der Waals surface area contributed by atoms with Crippen LogP contribution in [-0.2, 0) is 11.3 Å². The Morgan fingerprint density at radius 3 is 2.43 bits per heavy atom. The Hall–Kier alpha value is -2.76. The average molecular weight is 410 g/mol. The van der Waals surface area contributed by atoms with Gasteiger partial charge in [-0.25, -0.2) is 0 Å². The van der Waals surface area contributed by atoms with Crippen molar-refractivity contribution < 1.29 is 14.3 Å². The highest BCUT2D eigenvalue weighted by molar-refractivity contribution is 8.18. The number of nitrogens with zero attached hydrogens (tertiary/aromatic N) is 1. The van der Waals surface area contributed by atoms with Crippen molar-refractivity contribution in [3.8, 4) is 5.75 Å². The van der Waals surface area contributed by atoms with Crippen LogP contribution in [0.3, 0.4) is 0 Å². The molecule has 3 aromatic rings. The van der Waals surface area contributed by atoms with Gasteiger partial charge in [-0.1, -0.05) is 54.1 Å². The lowest BCUT2D eigenvalue weighted by Crippen LogP contribution is -2.27. The molecule has 0 unspecified atom stereocenters. The van der Waals surface area contributed by atoms with Gasteiger partial charge in [0, 0.05) is 10.4 Å². The molecule has 1 aliphatic heterocycles. The highest BCUT2D eigenvalue weighted by atomic mass is 35.5. The fourth-order valence-corrected chi connectivity index (χ4v) is 4.10. The molecule has 3 aromatic carbocycles. The molecule has 0 spiro atoms. The molecule has 1 saturated heterocycles. The minimum Gasteiger partial charge on any atom is -0.496 e. The number of ether oxygens (including phenoxy) is 1. The van der Waals surface area contributed by atoms with Gasteiger partial charge in [0.2, 0.25) is 0 Å². The number of amides is 2. The zero-order valence-corrected chi connectivity index (χ0v) is 16.6.